The van der Waals surface area contributed by atoms with E-state index in [1.54, 1.807) is 13.1 Å². The van der Waals surface area contributed by atoms with Crippen molar-refractivity contribution in [2.75, 3.05) is 12.4 Å². The summed E-state index contributed by atoms with van der Waals surface area (Å²) < 4.78 is 13.1. The Bertz CT molecular complexity index is 305. The fourth-order valence-corrected chi connectivity index (χ4v) is 0.983. The highest BCUT2D eigenvalue weighted by Gasteiger charge is 2.00. The van der Waals surface area contributed by atoms with Crippen LogP contribution in [-0.4, -0.2) is 7.05 Å². The summed E-state index contributed by atoms with van der Waals surface area (Å²) in [4.78, 5) is 0. The highest BCUT2D eigenvalue weighted by molar-refractivity contribution is 5.63. The Morgan fingerprint density at radius 3 is 2.58 bits per heavy atom. The van der Waals surface area contributed by atoms with Gasteiger partial charge in [-0.05, 0) is 24.6 Å². The zero-order chi connectivity index (χ0) is 9.14. The first kappa shape index (κ1) is 8.78. The molecule has 0 aliphatic carbocycles. The zero-order valence-electron chi connectivity index (χ0n) is 7.32. The van der Waals surface area contributed by atoms with Crippen LogP contribution in [0, 0.1) is 5.82 Å². The van der Waals surface area contributed by atoms with Crippen LogP contribution in [0.3, 0.4) is 0 Å². The number of benzene rings is 1. The molecule has 0 aliphatic rings. The standard InChI is InChI=1S/C10H12FN/c1-7(2)8-4-5-10(12-3)9(11)6-8/h4-6,12H,1H2,2-3H3. The Hall–Kier alpha value is -1.31. The number of hydrogen-bond donors (Lipinski definition) is 1. The lowest BCUT2D eigenvalue weighted by atomic mass is 10.1. The highest BCUT2D eigenvalue weighted by atomic mass is 19.1. The van der Waals surface area contributed by atoms with Gasteiger partial charge in [0.2, 0.25) is 0 Å². The summed E-state index contributed by atoms with van der Waals surface area (Å²) in [6.45, 7) is 5.59. The summed E-state index contributed by atoms with van der Waals surface area (Å²) in [5.74, 6) is -0.238. The predicted molar refractivity (Wildman–Crippen MR) is 50.7 cm³/mol. The lowest BCUT2D eigenvalue weighted by Crippen LogP contribution is -1.92. The van der Waals surface area contributed by atoms with E-state index in [2.05, 4.69) is 11.9 Å². The van der Waals surface area contributed by atoms with Crippen molar-refractivity contribution < 1.29 is 4.39 Å². The van der Waals surface area contributed by atoms with Crippen LogP contribution in [0.1, 0.15) is 12.5 Å². The molecule has 1 nitrogen and oxygen atoms in total. The minimum atomic E-state index is -0.238. The Balaban J connectivity index is 3.10. The fraction of sp³-hybridized carbons (Fsp3) is 0.200. The van der Waals surface area contributed by atoms with Gasteiger partial charge in [-0.2, -0.15) is 0 Å². The second-order valence-corrected chi connectivity index (χ2v) is 2.72. The Kier molecular flexibility index (Phi) is 2.48. The quantitative estimate of drug-likeness (QED) is 0.710. The SMILES string of the molecule is C=C(C)c1ccc(NC)c(F)c1. The van der Waals surface area contributed by atoms with E-state index in [4.69, 9.17) is 0 Å². The van der Waals surface area contributed by atoms with Crippen molar-refractivity contribution in [3.8, 4) is 0 Å². The summed E-state index contributed by atoms with van der Waals surface area (Å²) in [6, 6.07) is 5.03. The van der Waals surface area contributed by atoms with E-state index in [0.717, 1.165) is 11.1 Å². The third kappa shape index (κ3) is 1.64. The molecule has 12 heavy (non-hydrogen) atoms. The first-order chi connectivity index (χ1) is 5.65. The Morgan fingerprint density at radius 2 is 2.17 bits per heavy atom. The first-order valence-electron chi connectivity index (χ1n) is 3.78. The third-order valence-corrected chi connectivity index (χ3v) is 1.73. The Morgan fingerprint density at radius 1 is 1.50 bits per heavy atom. The minimum absolute atomic E-state index is 0.238. The van der Waals surface area contributed by atoms with Crippen molar-refractivity contribution in [3.05, 3.63) is 36.2 Å². The van der Waals surface area contributed by atoms with E-state index in [-0.39, 0.29) is 5.82 Å². The summed E-state index contributed by atoms with van der Waals surface area (Å²) >= 11 is 0. The fourth-order valence-electron chi connectivity index (χ4n) is 0.983. The number of nitrogens with one attached hydrogen (secondary N) is 1. The molecule has 0 heterocycles. The molecule has 0 bridgehead atoms. The van der Waals surface area contributed by atoms with E-state index in [9.17, 15) is 4.39 Å². The van der Waals surface area contributed by atoms with Crippen LogP contribution < -0.4 is 5.32 Å². The molecule has 1 rings (SSSR count). The van der Waals surface area contributed by atoms with Crippen LogP contribution in [0.2, 0.25) is 0 Å². The molecular weight excluding hydrogens is 153 g/mol. The van der Waals surface area contributed by atoms with Crippen molar-refractivity contribution in [1.82, 2.24) is 0 Å². The molecule has 0 aromatic heterocycles. The van der Waals surface area contributed by atoms with Gasteiger partial charge < -0.3 is 5.32 Å². The highest BCUT2D eigenvalue weighted by Crippen LogP contribution is 2.18. The van der Waals surface area contributed by atoms with Gasteiger partial charge in [0.25, 0.3) is 0 Å². The lowest BCUT2D eigenvalue weighted by Gasteiger charge is -2.04. The maximum absolute atomic E-state index is 13.1. The van der Waals surface area contributed by atoms with Gasteiger partial charge in [-0.15, -0.1) is 0 Å². The molecule has 0 aliphatic heterocycles. The van der Waals surface area contributed by atoms with Gasteiger partial charge in [0, 0.05) is 7.05 Å². The second-order valence-electron chi connectivity index (χ2n) is 2.72. The predicted octanol–water partition coefficient (Wildman–Crippen LogP) is 2.90. The van der Waals surface area contributed by atoms with Gasteiger partial charge in [0.05, 0.1) is 5.69 Å². The van der Waals surface area contributed by atoms with Crippen LogP contribution in [-0.2, 0) is 0 Å². The van der Waals surface area contributed by atoms with E-state index in [1.165, 1.54) is 6.07 Å². The topological polar surface area (TPSA) is 12.0 Å². The maximum Gasteiger partial charge on any atom is 0.146 e. The summed E-state index contributed by atoms with van der Waals surface area (Å²) in [6.07, 6.45) is 0. The van der Waals surface area contributed by atoms with E-state index >= 15 is 0 Å². The van der Waals surface area contributed by atoms with E-state index < -0.39 is 0 Å². The maximum atomic E-state index is 13.1. The monoisotopic (exact) mass is 165 g/mol. The van der Waals surface area contributed by atoms with E-state index in [1.807, 2.05) is 13.0 Å². The van der Waals surface area contributed by atoms with Gasteiger partial charge in [-0.3, -0.25) is 0 Å². The number of anilines is 1. The molecule has 0 unspecified atom stereocenters. The number of allylic oxidation sites excluding steroid dienone is 1. The zero-order valence-corrected chi connectivity index (χ0v) is 7.32. The molecule has 2 heteroatoms. The van der Waals surface area contributed by atoms with Gasteiger partial charge in [-0.25, -0.2) is 4.39 Å². The van der Waals surface area contributed by atoms with Crippen LogP contribution in [0.25, 0.3) is 5.57 Å². The molecule has 1 aromatic carbocycles. The summed E-state index contributed by atoms with van der Waals surface area (Å²) in [5, 5.41) is 2.76. The van der Waals surface area contributed by atoms with Gasteiger partial charge in [-0.1, -0.05) is 18.2 Å². The molecular formula is C10H12FN. The molecule has 0 spiro atoms. The summed E-state index contributed by atoms with van der Waals surface area (Å²) in [5.41, 5.74) is 2.23. The molecule has 0 fully saturated rings. The van der Waals surface area contributed by atoms with Crippen molar-refractivity contribution >= 4 is 11.3 Å². The van der Waals surface area contributed by atoms with Crippen LogP contribution in [0.4, 0.5) is 10.1 Å². The first-order valence-corrected chi connectivity index (χ1v) is 3.78. The lowest BCUT2D eigenvalue weighted by molar-refractivity contribution is 0.631. The number of halogens is 1. The van der Waals surface area contributed by atoms with Crippen LogP contribution in [0.15, 0.2) is 24.8 Å². The second kappa shape index (κ2) is 3.39. The van der Waals surface area contributed by atoms with E-state index in [0.29, 0.717) is 5.69 Å². The van der Waals surface area contributed by atoms with Crippen molar-refractivity contribution in [3.63, 3.8) is 0 Å². The molecule has 0 radical (unpaired) electrons. The van der Waals surface area contributed by atoms with Gasteiger partial charge >= 0.3 is 0 Å². The van der Waals surface area contributed by atoms with Crippen LogP contribution in [0.5, 0.6) is 0 Å². The van der Waals surface area contributed by atoms with Crippen LogP contribution >= 0.6 is 0 Å². The smallest absolute Gasteiger partial charge is 0.146 e. The summed E-state index contributed by atoms with van der Waals surface area (Å²) in [7, 11) is 1.69. The Labute approximate surface area is 71.9 Å². The number of hydrogen-bond acceptors (Lipinski definition) is 1. The molecule has 0 atom stereocenters. The molecule has 1 N–H and O–H groups in total. The van der Waals surface area contributed by atoms with Gasteiger partial charge in [0.15, 0.2) is 0 Å². The molecule has 0 saturated carbocycles. The van der Waals surface area contributed by atoms with Crippen molar-refractivity contribution in [1.29, 1.82) is 0 Å². The van der Waals surface area contributed by atoms with Crippen molar-refractivity contribution in [2.45, 2.75) is 6.92 Å². The average molecular weight is 165 g/mol. The van der Waals surface area contributed by atoms with Crippen molar-refractivity contribution in [2.24, 2.45) is 0 Å². The number of rotatable bonds is 2. The largest absolute Gasteiger partial charge is 0.386 e. The average Bonchev–Trinajstić information content (AvgIpc) is 2.04. The molecule has 0 amide bonds. The molecule has 1 aromatic rings. The third-order valence-electron chi connectivity index (χ3n) is 1.73. The molecule has 64 valence electrons. The molecule has 0 saturated heterocycles. The minimum Gasteiger partial charge on any atom is -0.386 e. The normalized spacial score (nSPS) is 9.58. The van der Waals surface area contributed by atoms with Gasteiger partial charge in [0.1, 0.15) is 5.82 Å².